The van der Waals surface area contributed by atoms with Crippen LogP contribution in [0.5, 0.6) is 5.75 Å². The topological polar surface area (TPSA) is 93.5 Å². The summed E-state index contributed by atoms with van der Waals surface area (Å²) in [5.41, 5.74) is 6.63. The lowest BCUT2D eigenvalue weighted by Gasteiger charge is -2.25. The lowest BCUT2D eigenvalue weighted by molar-refractivity contribution is -0.125. The molecular weight excluding hydrogens is 330 g/mol. The molecule has 6 heteroatoms. The maximum absolute atomic E-state index is 12.1. The molecule has 0 fully saturated rings. The minimum Gasteiger partial charge on any atom is -0.494 e. The molecule has 1 aromatic carbocycles. The Morgan fingerprint density at radius 1 is 1.19 bits per heavy atom. The van der Waals surface area contributed by atoms with Gasteiger partial charge < -0.3 is 21.1 Å². The standard InChI is InChI=1S/C20H33N3O3/c1-6-26-16-11-9-15(10-12-16)14(2)23-17(24)8-7-13-22-19(25)18(21)20(3,4)5/h9-12,14,18H,6-8,13,21H2,1-5H3,(H,22,25)(H,23,24)/t14?,18-/m1/s1. The van der Waals surface area contributed by atoms with Crippen LogP contribution in [-0.2, 0) is 9.59 Å². The van der Waals surface area contributed by atoms with E-state index in [9.17, 15) is 9.59 Å². The number of benzene rings is 1. The highest BCUT2D eigenvalue weighted by Crippen LogP contribution is 2.18. The number of carbonyl (C=O) groups is 2. The zero-order chi connectivity index (χ0) is 19.7. The zero-order valence-electron chi connectivity index (χ0n) is 16.6. The van der Waals surface area contributed by atoms with Crippen LogP contribution in [0.3, 0.4) is 0 Å². The van der Waals surface area contributed by atoms with Gasteiger partial charge in [-0.15, -0.1) is 0 Å². The normalized spacial score (nSPS) is 13.6. The smallest absolute Gasteiger partial charge is 0.237 e. The summed E-state index contributed by atoms with van der Waals surface area (Å²) in [7, 11) is 0. The van der Waals surface area contributed by atoms with E-state index in [0.29, 0.717) is 26.0 Å². The highest BCUT2D eigenvalue weighted by molar-refractivity contribution is 5.82. The second-order valence-electron chi connectivity index (χ2n) is 7.53. The summed E-state index contributed by atoms with van der Waals surface area (Å²) in [5.74, 6) is 0.598. The fourth-order valence-corrected chi connectivity index (χ4v) is 2.38. The first kappa shape index (κ1) is 22.0. The molecule has 1 rings (SSSR count). The van der Waals surface area contributed by atoms with E-state index in [4.69, 9.17) is 10.5 Å². The fraction of sp³-hybridized carbons (Fsp3) is 0.600. The molecule has 6 nitrogen and oxygen atoms in total. The molecule has 0 heterocycles. The van der Waals surface area contributed by atoms with Gasteiger partial charge in [0, 0.05) is 13.0 Å². The third kappa shape index (κ3) is 7.44. The minimum atomic E-state index is -0.559. The molecule has 0 spiro atoms. The largest absolute Gasteiger partial charge is 0.494 e. The maximum atomic E-state index is 12.1. The number of nitrogens with one attached hydrogen (secondary N) is 2. The van der Waals surface area contributed by atoms with Crippen LogP contribution in [0.4, 0.5) is 0 Å². The third-order valence-electron chi connectivity index (χ3n) is 4.16. The Morgan fingerprint density at radius 3 is 2.35 bits per heavy atom. The van der Waals surface area contributed by atoms with Crippen molar-refractivity contribution in [2.45, 2.75) is 59.5 Å². The van der Waals surface area contributed by atoms with Crippen molar-refractivity contribution in [1.82, 2.24) is 10.6 Å². The highest BCUT2D eigenvalue weighted by Gasteiger charge is 2.26. The van der Waals surface area contributed by atoms with E-state index in [-0.39, 0.29) is 23.3 Å². The first-order valence-electron chi connectivity index (χ1n) is 9.20. The van der Waals surface area contributed by atoms with Crippen LogP contribution in [0.1, 0.15) is 59.1 Å². The van der Waals surface area contributed by atoms with Gasteiger partial charge in [0.25, 0.3) is 0 Å². The highest BCUT2D eigenvalue weighted by atomic mass is 16.5. The Labute approximate surface area is 156 Å². The van der Waals surface area contributed by atoms with Gasteiger partial charge in [-0.1, -0.05) is 32.9 Å². The Bertz CT molecular complexity index is 579. The van der Waals surface area contributed by atoms with Crippen molar-refractivity contribution in [2.24, 2.45) is 11.1 Å². The van der Waals surface area contributed by atoms with Gasteiger partial charge in [-0.25, -0.2) is 0 Å². The number of nitrogens with two attached hydrogens (primary N) is 1. The summed E-state index contributed by atoms with van der Waals surface area (Å²) >= 11 is 0. The predicted octanol–water partition coefficient (Wildman–Crippen LogP) is 2.53. The minimum absolute atomic E-state index is 0.0410. The number of carbonyl (C=O) groups excluding carboxylic acids is 2. The second-order valence-corrected chi connectivity index (χ2v) is 7.53. The first-order valence-corrected chi connectivity index (χ1v) is 9.20. The Morgan fingerprint density at radius 2 is 1.81 bits per heavy atom. The average molecular weight is 364 g/mol. The molecule has 146 valence electrons. The number of ether oxygens (including phenoxy) is 1. The van der Waals surface area contributed by atoms with Gasteiger partial charge in [0.15, 0.2) is 0 Å². The molecule has 4 N–H and O–H groups in total. The van der Waals surface area contributed by atoms with E-state index in [1.165, 1.54) is 0 Å². The quantitative estimate of drug-likeness (QED) is 0.588. The van der Waals surface area contributed by atoms with Crippen LogP contribution in [0.15, 0.2) is 24.3 Å². The SMILES string of the molecule is CCOc1ccc(C(C)NC(=O)CCCNC(=O)[C@@H](N)C(C)(C)C)cc1. The molecule has 0 aliphatic heterocycles. The van der Waals surface area contributed by atoms with Crippen molar-refractivity contribution in [2.75, 3.05) is 13.2 Å². The first-order chi connectivity index (χ1) is 12.1. The van der Waals surface area contributed by atoms with Crippen molar-refractivity contribution in [3.05, 3.63) is 29.8 Å². The van der Waals surface area contributed by atoms with E-state index in [2.05, 4.69) is 10.6 Å². The van der Waals surface area contributed by atoms with Crippen LogP contribution in [0, 0.1) is 5.41 Å². The van der Waals surface area contributed by atoms with Crippen molar-refractivity contribution in [3.63, 3.8) is 0 Å². The molecule has 0 aliphatic rings. The van der Waals surface area contributed by atoms with Crippen molar-refractivity contribution >= 4 is 11.8 Å². The molecule has 0 radical (unpaired) electrons. The molecule has 0 saturated carbocycles. The summed E-state index contributed by atoms with van der Waals surface area (Å²) in [6.07, 6.45) is 0.927. The van der Waals surface area contributed by atoms with E-state index in [1.54, 1.807) is 0 Å². The van der Waals surface area contributed by atoms with Gasteiger partial charge >= 0.3 is 0 Å². The average Bonchev–Trinajstić information content (AvgIpc) is 2.57. The summed E-state index contributed by atoms with van der Waals surface area (Å²) < 4.78 is 5.41. The molecule has 1 unspecified atom stereocenters. The molecule has 0 bridgehead atoms. The predicted molar refractivity (Wildman–Crippen MR) is 104 cm³/mol. The monoisotopic (exact) mass is 363 g/mol. The van der Waals surface area contributed by atoms with Gasteiger partial charge in [-0.3, -0.25) is 9.59 Å². The van der Waals surface area contributed by atoms with Crippen LogP contribution in [0.2, 0.25) is 0 Å². The molecular formula is C20H33N3O3. The van der Waals surface area contributed by atoms with E-state index < -0.39 is 6.04 Å². The summed E-state index contributed by atoms with van der Waals surface area (Å²) in [5, 5.41) is 5.76. The van der Waals surface area contributed by atoms with Crippen LogP contribution >= 0.6 is 0 Å². The molecule has 1 aromatic rings. The van der Waals surface area contributed by atoms with Gasteiger partial charge in [-0.2, -0.15) is 0 Å². The van der Waals surface area contributed by atoms with Crippen molar-refractivity contribution < 1.29 is 14.3 Å². The number of amides is 2. The second kappa shape index (κ2) is 10.2. The maximum Gasteiger partial charge on any atom is 0.237 e. The lowest BCUT2D eigenvalue weighted by atomic mass is 9.87. The van der Waals surface area contributed by atoms with Crippen LogP contribution in [0.25, 0.3) is 0 Å². The third-order valence-corrected chi connectivity index (χ3v) is 4.16. The molecule has 0 aliphatic carbocycles. The Balaban J connectivity index is 2.32. The van der Waals surface area contributed by atoms with Crippen molar-refractivity contribution in [3.8, 4) is 5.75 Å². The van der Waals surface area contributed by atoms with Gasteiger partial charge in [0.2, 0.25) is 11.8 Å². The number of hydrogen-bond acceptors (Lipinski definition) is 4. The van der Waals surface area contributed by atoms with E-state index >= 15 is 0 Å². The van der Waals surface area contributed by atoms with Crippen LogP contribution < -0.4 is 21.1 Å². The van der Waals surface area contributed by atoms with Gasteiger partial charge in [-0.05, 0) is 43.4 Å². The van der Waals surface area contributed by atoms with Crippen LogP contribution in [-0.4, -0.2) is 31.0 Å². The fourth-order valence-electron chi connectivity index (χ4n) is 2.38. The number of hydrogen-bond donors (Lipinski definition) is 3. The molecule has 0 aromatic heterocycles. The summed E-state index contributed by atoms with van der Waals surface area (Å²) in [6, 6.07) is 7.05. The summed E-state index contributed by atoms with van der Waals surface area (Å²) in [4.78, 5) is 24.0. The van der Waals surface area contributed by atoms with Gasteiger partial charge in [0.1, 0.15) is 5.75 Å². The van der Waals surface area contributed by atoms with Gasteiger partial charge in [0.05, 0.1) is 18.7 Å². The zero-order valence-corrected chi connectivity index (χ0v) is 16.6. The molecule has 0 saturated heterocycles. The number of rotatable bonds is 9. The lowest BCUT2D eigenvalue weighted by Crippen LogP contribution is -2.48. The molecule has 2 atom stereocenters. The van der Waals surface area contributed by atoms with Crippen molar-refractivity contribution in [1.29, 1.82) is 0 Å². The summed E-state index contributed by atoms with van der Waals surface area (Å²) in [6.45, 7) is 10.7. The Hall–Kier alpha value is -2.08. The van der Waals surface area contributed by atoms with E-state index in [1.807, 2.05) is 58.9 Å². The van der Waals surface area contributed by atoms with E-state index in [0.717, 1.165) is 11.3 Å². The molecule has 26 heavy (non-hydrogen) atoms. The Kier molecular flexibility index (Phi) is 8.58. The molecule has 2 amide bonds.